The Bertz CT molecular complexity index is 1810. The number of likely N-dealkylation sites (N-methyl/N-ethyl adjacent to an activating group) is 1. The molecule has 8 N–H and O–H groups in total. The van der Waals surface area contributed by atoms with Crippen LogP contribution < -0.4 is 11.1 Å². The Labute approximate surface area is 259 Å². The molecule has 0 radical (unpaired) electrons. The number of phenolic OH excluding ortho intramolecular Hbond substituents is 2. The maximum absolute atomic E-state index is 14.0. The summed E-state index contributed by atoms with van der Waals surface area (Å²) in [6.45, 7) is 2.11. The number of hydrogen-bond acceptors (Lipinski definition) is 10. The van der Waals surface area contributed by atoms with E-state index >= 15 is 0 Å². The lowest BCUT2D eigenvalue weighted by Gasteiger charge is -2.47. The number of ketones is 2. The standard InChI is InChI=1S/C29H29N3O7.C2HF3O2/c1-13-15-9-10-18(31-12-14-7-5-4-6-8-14)23(33)19(15)24(34)20-16(13)11-17-22(32(2)3)25(35)21(28(30)38)27(37)29(17,39)26(20)36;3-2(4,5)1(6)7/h4-10,17,22,31,33-34,37,39H,11-12H2,1-3H3,(H2,30,38);(H,6,7)/t17-,22-,29-;/m0./s1. The summed E-state index contributed by atoms with van der Waals surface area (Å²) in [6.07, 6.45) is -5.16. The number of benzene rings is 3. The number of primary amides is 1. The predicted octanol–water partition coefficient (Wildman–Crippen LogP) is 2.70. The minimum absolute atomic E-state index is 0.00523. The number of alkyl halides is 3. The molecule has 0 spiro atoms. The number of anilines is 1. The number of aliphatic hydroxyl groups is 2. The fourth-order valence-corrected chi connectivity index (χ4v) is 6.02. The number of rotatable bonds is 5. The molecule has 5 rings (SSSR count). The highest BCUT2D eigenvalue weighted by atomic mass is 19.4. The first kappa shape index (κ1) is 33.7. The van der Waals surface area contributed by atoms with Crippen molar-refractivity contribution in [1.82, 2.24) is 4.90 Å². The Morgan fingerprint density at radius 2 is 1.63 bits per heavy atom. The highest BCUT2D eigenvalue weighted by molar-refractivity contribution is 6.25. The van der Waals surface area contributed by atoms with Crippen LogP contribution in [0.4, 0.5) is 18.9 Å². The second-order valence-corrected chi connectivity index (χ2v) is 11.1. The number of phenols is 2. The van der Waals surface area contributed by atoms with Crippen molar-refractivity contribution in [3.63, 3.8) is 0 Å². The van der Waals surface area contributed by atoms with Crippen LogP contribution in [0.25, 0.3) is 10.8 Å². The van der Waals surface area contributed by atoms with Gasteiger partial charge in [0.25, 0.3) is 5.91 Å². The van der Waals surface area contributed by atoms with Gasteiger partial charge in [-0.2, -0.15) is 13.2 Å². The highest BCUT2D eigenvalue weighted by Crippen LogP contribution is 2.51. The van der Waals surface area contributed by atoms with E-state index in [1.807, 2.05) is 30.3 Å². The molecular weight excluding hydrogens is 615 g/mol. The summed E-state index contributed by atoms with van der Waals surface area (Å²) in [5.74, 6) is -9.09. The van der Waals surface area contributed by atoms with Crippen LogP contribution in [0.15, 0.2) is 53.8 Å². The average molecular weight is 646 g/mol. The minimum Gasteiger partial charge on any atom is -0.508 e. The number of aromatic hydroxyl groups is 2. The molecule has 1 amide bonds. The summed E-state index contributed by atoms with van der Waals surface area (Å²) < 4.78 is 31.7. The Kier molecular flexibility index (Phi) is 8.79. The van der Waals surface area contributed by atoms with Gasteiger partial charge >= 0.3 is 12.1 Å². The van der Waals surface area contributed by atoms with Crippen molar-refractivity contribution >= 4 is 39.9 Å². The summed E-state index contributed by atoms with van der Waals surface area (Å²) in [5, 5.41) is 55.9. The molecular formula is C31H30F3N3O9. The molecule has 46 heavy (non-hydrogen) atoms. The predicted molar refractivity (Wildman–Crippen MR) is 157 cm³/mol. The maximum atomic E-state index is 14.0. The lowest BCUT2D eigenvalue weighted by molar-refractivity contribution is -0.192. The van der Waals surface area contributed by atoms with Gasteiger partial charge in [0.05, 0.1) is 22.7 Å². The molecule has 0 aromatic heterocycles. The second-order valence-electron chi connectivity index (χ2n) is 11.1. The smallest absolute Gasteiger partial charge is 0.490 e. The molecule has 2 aliphatic carbocycles. The first-order valence-electron chi connectivity index (χ1n) is 13.6. The van der Waals surface area contributed by atoms with Crippen LogP contribution in [-0.2, 0) is 27.3 Å². The number of carbonyl (C=O) groups is 4. The van der Waals surface area contributed by atoms with Crippen molar-refractivity contribution in [2.24, 2.45) is 11.7 Å². The van der Waals surface area contributed by atoms with E-state index in [0.29, 0.717) is 28.7 Å². The van der Waals surface area contributed by atoms with Gasteiger partial charge in [0, 0.05) is 12.5 Å². The third-order valence-electron chi connectivity index (χ3n) is 8.21. The van der Waals surface area contributed by atoms with Crippen molar-refractivity contribution in [3.8, 4) is 11.5 Å². The zero-order chi connectivity index (χ0) is 34.5. The second kappa shape index (κ2) is 12.0. The molecule has 15 heteroatoms. The van der Waals surface area contributed by atoms with Gasteiger partial charge < -0.3 is 36.6 Å². The molecule has 2 aliphatic rings. The lowest BCUT2D eigenvalue weighted by atomic mass is 9.61. The monoisotopic (exact) mass is 645 g/mol. The van der Waals surface area contributed by atoms with Crippen molar-refractivity contribution in [2.45, 2.75) is 37.7 Å². The van der Waals surface area contributed by atoms with Crippen LogP contribution in [0, 0.1) is 12.8 Å². The van der Waals surface area contributed by atoms with Crippen molar-refractivity contribution in [2.75, 3.05) is 19.4 Å². The largest absolute Gasteiger partial charge is 0.508 e. The Balaban J connectivity index is 0.000000617. The Hall–Kier alpha value is -5.15. The number of Topliss-reactive ketones (excluding diaryl/α,β-unsaturated/α-hetero) is 2. The van der Waals surface area contributed by atoms with E-state index in [1.54, 1.807) is 33.2 Å². The number of amides is 1. The van der Waals surface area contributed by atoms with Crippen LogP contribution in [-0.4, -0.2) is 85.8 Å². The number of carboxylic acid groups (broad SMARTS) is 1. The van der Waals surface area contributed by atoms with E-state index < -0.39 is 64.3 Å². The fourth-order valence-electron chi connectivity index (χ4n) is 6.02. The molecule has 0 unspecified atom stereocenters. The third kappa shape index (κ3) is 5.47. The van der Waals surface area contributed by atoms with Gasteiger partial charge in [0.2, 0.25) is 5.78 Å². The molecule has 0 saturated heterocycles. The van der Waals surface area contributed by atoms with E-state index in [2.05, 4.69) is 5.32 Å². The molecule has 0 heterocycles. The van der Waals surface area contributed by atoms with Crippen LogP contribution >= 0.6 is 0 Å². The van der Waals surface area contributed by atoms with Crippen molar-refractivity contribution in [3.05, 3.63) is 76.1 Å². The molecule has 3 aromatic carbocycles. The van der Waals surface area contributed by atoms with Crippen molar-refractivity contribution in [1.29, 1.82) is 0 Å². The average Bonchev–Trinajstić information content (AvgIpc) is 2.97. The normalized spacial score (nSPS) is 21.0. The van der Waals surface area contributed by atoms with E-state index in [0.717, 1.165) is 5.56 Å². The molecule has 0 fully saturated rings. The number of aliphatic carboxylic acids is 1. The van der Waals surface area contributed by atoms with Crippen molar-refractivity contribution < 1.29 is 57.9 Å². The molecule has 0 bridgehead atoms. The number of aliphatic hydroxyl groups excluding tert-OH is 1. The Morgan fingerprint density at radius 1 is 1.04 bits per heavy atom. The quantitative estimate of drug-likeness (QED) is 0.158. The van der Waals surface area contributed by atoms with Gasteiger partial charge in [-0.15, -0.1) is 0 Å². The molecule has 3 atom stereocenters. The number of fused-ring (bicyclic) bond motifs is 3. The number of carboxylic acids is 1. The van der Waals surface area contributed by atoms with E-state index in [1.165, 1.54) is 4.90 Å². The molecule has 12 nitrogen and oxygen atoms in total. The number of nitrogens with two attached hydrogens (primary N) is 1. The molecule has 3 aromatic rings. The highest BCUT2D eigenvalue weighted by Gasteiger charge is 2.62. The van der Waals surface area contributed by atoms with Gasteiger partial charge in [0.1, 0.15) is 22.8 Å². The number of hydrogen-bond donors (Lipinski definition) is 7. The number of halogens is 3. The number of carbonyl (C=O) groups excluding carboxylic acids is 3. The van der Waals surface area contributed by atoms with Gasteiger partial charge in [-0.1, -0.05) is 36.4 Å². The summed E-state index contributed by atoms with van der Waals surface area (Å²) in [6, 6.07) is 11.7. The zero-order valence-electron chi connectivity index (χ0n) is 24.6. The van der Waals surface area contributed by atoms with Crippen LogP contribution in [0.5, 0.6) is 11.5 Å². The summed E-state index contributed by atoms with van der Waals surface area (Å²) in [5.41, 5.74) is 3.73. The summed E-state index contributed by atoms with van der Waals surface area (Å²) >= 11 is 0. The fraction of sp³-hybridized carbons (Fsp3) is 0.290. The van der Waals surface area contributed by atoms with Crippen LogP contribution in [0.3, 0.4) is 0 Å². The molecule has 0 saturated carbocycles. The van der Waals surface area contributed by atoms with Gasteiger partial charge in [-0.3, -0.25) is 19.3 Å². The lowest BCUT2D eigenvalue weighted by Crippen LogP contribution is -2.64. The first-order chi connectivity index (χ1) is 21.3. The number of aryl methyl sites for hydroxylation is 1. The zero-order valence-corrected chi connectivity index (χ0v) is 24.6. The van der Waals surface area contributed by atoms with Crippen LogP contribution in [0.2, 0.25) is 0 Å². The first-order valence-corrected chi connectivity index (χ1v) is 13.6. The topological polar surface area (TPSA) is 211 Å². The van der Waals surface area contributed by atoms with E-state index in [-0.39, 0.29) is 23.1 Å². The van der Waals surface area contributed by atoms with E-state index in [4.69, 9.17) is 15.6 Å². The van der Waals surface area contributed by atoms with E-state index in [9.17, 15) is 48.0 Å². The van der Waals surface area contributed by atoms with Gasteiger partial charge in [-0.25, -0.2) is 4.79 Å². The summed E-state index contributed by atoms with van der Waals surface area (Å²) in [7, 11) is 3.10. The van der Waals surface area contributed by atoms with Gasteiger partial charge in [-0.05, 0) is 55.6 Å². The Morgan fingerprint density at radius 3 is 2.15 bits per heavy atom. The van der Waals surface area contributed by atoms with Gasteiger partial charge in [0.15, 0.2) is 11.4 Å². The minimum atomic E-state index is -5.08. The number of nitrogens with zero attached hydrogens (tertiary/aromatic N) is 1. The molecule has 0 aliphatic heterocycles. The number of nitrogens with one attached hydrogen (secondary N) is 1. The third-order valence-corrected chi connectivity index (χ3v) is 8.21. The summed E-state index contributed by atoms with van der Waals surface area (Å²) in [4.78, 5) is 49.6. The SMILES string of the molecule is Cc1c2c(c(O)c3c(O)c(NCc4ccccc4)ccc13)C(=O)[C@]1(O)C(O)=C(C(N)=O)C(=O)[C@@H](N(C)C)[C@@H]1C2.O=C(O)C(F)(F)F. The van der Waals surface area contributed by atoms with Crippen LogP contribution in [0.1, 0.15) is 27.0 Å². The maximum Gasteiger partial charge on any atom is 0.490 e. The molecule has 244 valence electrons.